The smallest absolute Gasteiger partial charge is 0.415 e. The maximum Gasteiger partial charge on any atom is 0.415 e. The fourth-order valence-corrected chi connectivity index (χ4v) is 4.29. The number of imidazole rings is 1. The number of hydrogen-bond acceptors (Lipinski definition) is 6. The van der Waals surface area contributed by atoms with E-state index in [9.17, 15) is 18.9 Å². The molecule has 31 heavy (non-hydrogen) atoms. The van der Waals surface area contributed by atoms with E-state index in [1.54, 1.807) is 10.6 Å². The minimum absolute atomic E-state index is 0.219. The molecule has 3 aromatic rings. The summed E-state index contributed by atoms with van der Waals surface area (Å²) in [7, 11) is 0. The summed E-state index contributed by atoms with van der Waals surface area (Å²) >= 11 is 0. The maximum absolute atomic E-state index is 14.1. The first-order chi connectivity index (χ1) is 14.8. The van der Waals surface area contributed by atoms with Crippen molar-refractivity contribution in [2.24, 2.45) is 0 Å². The first-order valence-electron chi connectivity index (χ1n) is 9.87. The molecule has 1 atom stereocenters. The minimum Gasteiger partial charge on any atom is -0.436 e. The van der Waals surface area contributed by atoms with Crippen LogP contribution in [0.1, 0.15) is 18.2 Å². The van der Waals surface area contributed by atoms with Gasteiger partial charge in [-0.1, -0.05) is 6.07 Å². The topological polar surface area (TPSA) is 86.3 Å². The standard InChI is InChI=1S/C21H19F2N5O3/c1-21(12-27-10-19(28(29)30)25-20(27)31-21)11-26-7-6-17-13(9-26)2-5-18(24-17)15-4-3-14(22)8-16(15)23/h2-5,8,10H,6-7,9,11-12H2,1H3. The fourth-order valence-electron chi connectivity index (χ4n) is 4.29. The lowest BCUT2D eigenvalue weighted by atomic mass is 10.00. The highest BCUT2D eigenvalue weighted by molar-refractivity contribution is 5.60. The van der Waals surface area contributed by atoms with Crippen LogP contribution in [-0.4, -0.2) is 43.0 Å². The Hall–Kier alpha value is -3.40. The fraction of sp³-hybridized carbons (Fsp3) is 0.333. The van der Waals surface area contributed by atoms with Gasteiger partial charge in [0.15, 0.2) is 0 Å². The Balaban J connectivity index is 1.29. The molecule has 0 fully saturated rings. The number of ether oxygens (including phenoxy) is 1. The summed E-state index contributed by atoms with van der Waals surface area (Å²) < 4.78 is 34.9. The van der Waals surface area contributed by atoms with E-state index in [4.69, 9.17) is 4.74 Å². The molecule has 2 aliphatic rings. The van der Waals surface area contributed by atoms with Crippen LogP contribution in [0.3, 0.4) is 0 Å². The van der Waals surface area contributed by atoms with Gasteiger partial charge in [-0.05, 0) is 35.6 Å². The average molecular weight is 427 g/mol. The second-order valence-corrected chi connectivity index (χ2v) is 8.21. The molecule has 1 unspecified atom stereocenters. The van der Waals surface area contributed by atoms with Crippen molar-refractivity contribution in [3.8, 4) is 17.3 Å². The van der Waals surface area contributed by atoms with Crippen molar-refractivity contribution in [2.45, 2.75) is 32.0 Å². The third-order valence-corrected chi connectivity index (χ3v) is 5.65. The molecule has 0 amide bonds. The molecule has 0 radical (unpaired) electrons. The summed E-state index contributed by atoms with van der Waals surface area (Å²) in [5.74, 6) is -1.47. The maximum atomic E-state index is 14.1. The SMILES string of the molecule is CC1(CN2CCc3nc(-c4ccc(F)cc4F)ccc3C2)Cn2cc([N+](=O)[O-])nc2O1. The molecule has 0 bridgehead atoms. The van der Waals surface area contributed by atoms with Crippen molar-refractivity contribution in [3.63, 3.8) is 0 Å². The number of nitro groups is 1. The number of aromatic nitrogens is 3. The Morgan fingerprint density at radius 1 is 1.26 bits per heavy atom. The number of hydrogen-bond donors (Lipinski definition) is 0. The van der Waals surface area contributed by atoms with Gasteiger partial charge in [-0.2, -0.15) is 0 Å². The molecule has 0 saturated heterocycles. The number of rotatable bonds is 4. The van der Waals surface area contributed by atoms with E-state index in [0.29, 0.717) is 31.7 Å². The van der Waals surface area contributed by atoms with Crippen LogP contribution in [0.2, 0.25) is 0 Å². The molecular formula is C21H19F2N5O3. The van der Waals surface area contributed by atoms with E-state index in [-0.39, 0.29) is 17.4 Å². The Morgan fingerprint density at radius 3 is 2.84 bits per heavy atom. The molecule has 5 rings (SSSR count). The van der Waals surface area contributed by atoms with E-state index in [0.717, 1.165) is 23.9 Å². The molecule has 1 aromatic carbocycles. The van der Waals surface area contributed by atoms with Crippen molar-refractivity contribution in [3.05, 3.63) is 69.5 Å². The predicted molar refractivity (Wildman–Crippen MR) is 106 cm³/mol. The quantitative estimate of drug-likeness (QED) is 0.469. The molecule has 0 aliphatic carbocycles. The number of pyridine rings is 1. The van der Waals surface area contributed by atoms with Crippen molar-refractivity contribution in [2.75, 3.05) is 13.1 Å². The Kier molecular flexibility index (Phi) is 4.47. The van der Waals surface area contributed by atoms with Gasteiger partial charge in [0, 0.05) is 48.4 Å². The summed E-state index contributed by atoms with van der Waals surface area (Å²) in [6.45, 7) is 4.47. The molecular weight excluding hydrogens is 408 g/mol. The van der Waals surface area contributed by atoms with Crippen molar-refractivity contribution in [1.29, 1.82) is 0 Å². The first kappa shape index (κ1) is 19.6. The highest BCUT2D eigenvalue weighted by atomic mass is 19.1. The van der Waals surface area contributed by atoms with Gasteiger partial charge < -0.3 is 14.9 Å². The third-order valence-electron chi connectivity index (χ3n) is 5.65. The Morgan fingerprint density at radius 2 is 2.10 bits per heavy atom. The molecule has 8 nitrogen and oxygen atoms in total. The van der Waals surface area contributed by atoms with Crippen LogP contribution in [0.25, 0.3) is 11.3 Å². The zero-order valence-corrected chi connectivity index (χ0v) is 16.7. The Labute approximate surface area is 176 Å². The van der Waals surface area contributed by atoms with Crippen LogP contribution >= 0.6 is 0 Å². The number of benzene rings is 1. The van der Waals surface area contributed by atoms with Gasteiger partial charge in [0.05, 0.1) is 12.2 Å². The summed E-state index contributed by atoms with van der Waals surface area (Å²) in [6.07, 6.45) is 2.09. The van der Waals surface area contributed by atoms with E-state index in [1.807, 2.05) is 13.0 Å². The lowest BCUT2D eigenvalue weighted by Gasteiger charge is -2.34. The minimum atomic E-state index is -0.631. The normalized spacial score (nSPS) is 20.2. The van der Waals surface area contributed by atoms with Gasteiger partial charge >= 0.3 is 11.8 Å². The highest BCUT2D eigenvalue weighted by Gasteiger charge is 2.41. The van der Waals surface area contributed by atoms with Gasteiger partial charge in [0.2, 0.25) is 0 Å². The van der Waals surface area contributed by atoms with Crippen LogP contribution in [0.5, 0.6) is 6.01 Å². The average Bonchev–Trinajstić information content (AvgIpc) is 3.23. The molecule has 10 heteroatoms. The van der Waals surface area contributed by atoms with Gasteiger partial charge in [-0.25, -0.2) is 8.78 Å². The van der Waals surface area contributed by atoms with Gasteiger partial charge in [0.1, 0.15) is 23.4 Å². The lowest BCUT2D eigenvalue weighted by Crippen LogP contribution is -2.46. The summed E-state index contributed by atoms with van der Waals surface area (Å²) in [5, 5.41) is 10.9. The van der Waals surface area contributed by atoms with Crippen LogP contribution < -0.4 is 4.74 Å². The molecule has 0 spiro atoms. The van der Waals surface area contributed by atoms with E-state index in [2.05, 4.69) is 14.9 Å². The molecule has 0 saturated carbocycles. The highest BCUT2D eigenvalue weighted by Crippen LogP contribution is 2.33. The van der Waals surface area contributed by atoms with Crippen LogP contribution in [-0.2, 0) is 19.5 Å². The van der Waals surface area contributed by atoms with Gasteiger partial charge in [0.25, 0.3) is 0 Å². The second-order valence-electron chi connectivity index (χ2n) is 8.21. The Bertz CT molecular complexity index is 1170. The van der Waals surface area contributed by atoms with Crippen molar-refractivity contribution >= 4 is 5.82 Å². The lowest BCUT2D eigenvalue weighted by molar-refractivity contribution is -0.389. The molecule has 2 aliphatic heterocycles. The first-order valence-corrected chi connectivity index (χ1v) is 9.87. The van der Waals surface area contributed by atoms with Crippen LogP contribution in [0.15, 0.2) is 36.5 Å². The van der Waals surface area contributed by atoms with Crippen molar-refractivity contribution in [1.82, 2.24) is 19.4 Å². The van der Waals surface area contributed by atoms with Gasteiger partial charge in [-0.15, -0.1) is 0 Å². The number of nitrogens with zero attached hydrogens (tertiary/aromatic N) is 5. The van der Waals surface area contributed by atoms with E-state index < -0.39 is 22.2 Å². The summed E-state index contributed by atoms with van der Waals surface area (Å²) in [6, 6.07) is 7.43. The number of halogens is 2. The van der Waals surface area contributed by atoms with Crippen LogP contribution in [0.4, 0.5) is 14.6 Å². The molecule has 0 N–H and O–H groups in total. The monoisotopic (exact) mass is 427 g/mol. The molecule has 4 heterocycles. The summed E-state index contributed by atoms with van der Waals surface area (Å²) in [5.41, 5.74) is 2.18. The zero-order chi connectivity index (χ0) is 21.8. The largest absolute Gasteiger partial charge is 0.436 e. The van der Waals surface area contributed by atoms with Crippen molar-refractivity contribution < 1.29 is 18.4 Å². The molecule has 2 aromatic heterocycles. The predicted octanol–water partition coefficient (Wildman–Crippen LogP) is 3.34. The van der Waals surface area contributed by atoms with Gasteiger partial charge in [-0.3, -0.25) is 14.5 Å². The zero-order valence-electron chi connectivity index (χ0n) is 16.7. The second kappa shape index (κ2) is 7.09. The number of fused-ring (bicyclic) bond motifs is 2. The third kappa shape index (κ3) is 3.63. The van der Waals surface area contributed by atoms with E-state index in [1.165, 1.54) is 18.3 Å². The summed E-state index contributed by atoms with van der Waals surface area (Å²) in [4.78, 5) is 21.1. The van der Waals surface area contributed by atoms with Crippen LogP contribution in [0, 0.1) is 21.7 Å². The molecule has 160 valence electrons. The van der Waals surface area contributed by atoms with E-state index >= 15 is 0 Å².